The summed E-state index contributed by atoms with van der Waals surface area (Å²) in [4.78, 5) is 18.4. The highest BCUT2D eigenvalue weighted by atomic mass is 35.5. The smallest absolute Gasteiger partial charge is 0.227 e. The van der Waals surface area contributed by atoms with Crippen LogP contribution < -0.4 is 0 Å². The molecule has 1 aromatic rings. The number of pyridine rings is 1. The molecule has 1 aliphatic heterocycles. The van der Waals surface area contributed by atoms with Gasteiger partial charge in [0.1, 0.15) is 5.15 Å². The molecule has 0 N–H and O–H groups in total. The SMILES string of the molecule is O=C(Cc1ccc(Cl)nc1)N1CCOC2CCCC21. The van der Waals surface area contributed by atoms with E-state index in [1.165, 1.54) is 0 Å². The van der Waals surface area contributed by atoms with Gasteiger partial charge in [-0.2, -0.15) is 0 Å². The van der Waals surface area contributed by atoms with Crippen molar-refractivity contribution in [2.75, 3.05) is 13.2 Å². The molecule has 102 valence electrons. The minimum atomic E-state index is 0.171. The normalized spacial score (nSPS) is 26.3. The Balaban J connectivity index is 1.67. The number of morpholine rings is 1. The van der Waals surface area contributed by atoms with E-state index in [0.29, 0.717) is 24.7 Å². The first kappa shape index (κ1) is 12.9. The third-order valence-corrected chi connectivity index (χ3v) is 4.17. The number of fused-ring (bicyclic) bond motifs is 1. The fourth-order valence-electron chi connectivity index (χ4n) is 3.02. The third-order valence-electron chi connectivity index (χ3n) is 3.95. The van der Waals surface area contributed by atoms with Crippen molar-refractivity contribution in [3.63, 3.8) is 0 Å². The van der Waals surface area contributed by atoms with Gasteiger partial charge in [0, 0.05) is 12.7 Å². The predicted octanol–water partition coefficient (Wildman–Crippen LogP) is 2.06. The van der Waals surface area contributed by atoms with E-state index < -0.39 is 0 Å². The number of aromatic nitrogens is 1. The van der Waals surface area contributed by atoms with Gasteiger partial charge in [-0.1, -0.05) is 17.7 Å². The zero-order chi connectivity index (χ0) is 13.2. The van der Waals surface area contributed by atoms with Crippen molar-refractivity contribution in [1.82, 2.24) is 9.88 Å². The fourth-order valence-corrected chi connectivity index (χ4v) is 3.13. The molecule has 3 rings (SSSR count). The average Bonchev–Trinajstić information content (AvgIpc) is 2.89. The van der Waals surface area contributed by atoms with E-state index in [1.807, 2.05) is 11.0 Å². The van der Waals surface area contributed by atoms with Crippen molar-refractivity contribution in [1.29, 1.82) is 0 Å². The van der Waals surface area contributed by atoms with Crippen LogP contribution in [-0.2, 0) is 16.0 Å². The first-order valence-corrected chi connectivity index (χ1v) is 7.13. The molecule has 4 nitrogen and oxygen atoms in total. The molecule has 1 saturated heterocycles. The van der Waals surface area contributed by atoms with Crippen LogP contribution in [0.5, 0.6) is 0 Å². The molecule has 1 saturated carbocycles. The Morgan fingerprint density at radius 3 is 3.16 bits per heavy atom. The molecule has 1 aromatic heterocycles. The summed E-state index contributed by atoms with van der Waals surface area (Å²) in [6, 6.07) is 3.86. The van der Waals surface area contributed by atoms with E-state index in [0.717, 1.165) is 24.8 Å². The van der Waals surface area contributed by atoms with Crippen LogP contribution in [0.25, 0.3) is 0 Å². The average molecular weight is 281 g/mol. The van der Waals surface area contributed by atoms with Crippen molar-refractivity contribution < 1.29 is 9.53 Å². The lowest BCUT2D eigenvalue weighted by atomic mass is 10.1. The summed E-state index contributed by atoms with van der Waals surface area (Å²) in [5.74, 6) is 0.171. The van der Waals surface area contributed by atoms with E-state index in [4.69, 9.17) is 16.3 Å². The summed E-state index contributed by atoms with van der Waals surface area (Å²) in [6.45, 7) is 1.37. The van der Waals surface area contributed by atoms with Crippen molar-refractivity contribution in [3.05, 3.63) is 29.0 Å². The second-order valence-corrected chi connectivity index (χ2v) is 5.55. The van der Waals surface area contributed by atoms with Crippen LogP contribution in [0.4, 0.5) is 0 Å². The number of halogens is 1. The van der Waals surface area contributed by atoms with Crippen LogP contribution in [0.3, 0.4) is 0 Å². The van der Waals surface area contributed by atoms with Crippen molar-refractivity contribution >= 4 is 17.5 Å². The Labute approximate surface area is 117 Å². The number of carbonyl (C=O) groups is 1. The first-order chi connectivity index (χ1) is 9.24. The summed E-state index contributed by atoms with van der Waals surface area (Å²) >= 11 is 5.75. The summed E-state index contributed by atoms with van der Waals surface area (Å²) in [5.41, 5.74) is 0.912. The van der Waals surface area contributed by atoms with Gasteiger partial charge in [0.15, 0.2) is 0 Å². The highest BCUT2D eigenvalue weighted by Crippen LogP contribution is 2.30. The largest absolute Gasteiger partial charge is 0.374 e. The molecule has 2 heterocycles. The number of carbonyl (C=O) groups excluding carboxylic acids is 1. The highest BCUT2D eigenvalue weighted by molar-refractivity contribution is 6.29. The van der Waals surface area contributed by atoms with Crippen LogP contribution in [0.2, 0.25) is 5.15 Å². The molecule has 0 radical (unpaired) electrons. The molecule has 1 amide bonds. The maximum absolute atomic E-state index is 12.4. The summed E-state index contributed by atoms with van der Waals surface area (Å²) in [7, 11) is 0. The number of ether oxygens (including phenoxy) is 1. The van der Waals surface area contributed by atoms with Gasteiger partial charge in [-0.3, -0.25) is 4.79 Å². The number of hydrogen-bond acceptors (Lipinski definition) is 3. The standard InChI is InChI=1S/C14H17ClN2O2/c15-13-5-4-10(9-16-13)8-14(18)17-6-7-19-12-3-1-2-11(12)17/h4-5,9,11-12H,1-3,6-8H2. The number of hydrogen-bond donors (Lipinski definition) is 0. The Morgan fingerprint density at radius 1 is 1.47 bits per heavy atom. The topological polar surface area (TPSA) is 42.4 Å². The third kappa shape index (κ3) is 2.74. The second-order valence-electron chi connectivity index (χ2n) is 5.16. The number of amides is 1. The van der Waals surface area contributed by atoms with Crippen LogP contribution in [0.1, 0.15) is 24.8 Å². The minimum Gasteiger partial charge on any atom is -0.374 e. The van der Waals surface area contributed by atoms with E-state index in [-0.39, 0.29) is 18.1 Å². The molecule has 2 aliphatic rings. The minimum absolute atomic E-state index is 0.171. The number of nitrogens with zero attached hydrogens (tertiary/aromatic N) is 2. The van der Waals surface area contributed by atoms with Crippen molar-refractivity contribution in [2.24, 2.45) is 0 Å². The highest BCUT2D eigenvalue weighted by Gasteiger charge is 2.38. The van der Waals surface area contributed by atoms with Crippen LogP contribution >= 0.6 is 11.6 Å². The van der Waals surface area contributed by atoms with E-state index in [2.05, 4.69) is 4.98 Å². The van der Waals surface area contributed by atoms with Crippen LogP contribution in [0.15, 0.2) is 18.3 Å². The summed E-state index contributed by atoms with van der Waals surface area (Å²) in [5, 5.41) is 0.457. The van der Waals surface area contributed by atoms with Crippen LogP contribution in [-0.4, -0.2) is 41.1 Å². The van der Waals surface area contributed by atoms with Gasteiger partial charge in [0.05, 0.1) is 25.2 Å². The van der Waals surface area contributed by atoms with E-state index >= 15 is 0 Å². The molecule has 1 aliphatic carbocycles. The van der Waals surface area contributed by atoms with Crippen molar-refractivity contribution in [3.8, 4) is 0 Å². The van der Waals surface area contributed by atoms with Gasteiger partial charge in [-0.05, 0) is 30.9 Å². The van der Waals surface area contributed by atoms with Gasteiger partial charge in [-0.25, -0.2) is 4.98 Å². The zero-order valence-electron chi connectivity index (χ0n) is 10.7. The molecule has 19 heavy (non-hydrogen) atoms. The van der Waals surface area contributed by atoms with E-state index in [1.54, 1.807) is 12.3 Å². The Hall–Kier alpha value is -1.13. The maximum atomic E-state index is 12.4. The summed E-state index contributed by atoms with van der Waals surface area (Å²) < 4.78 is 5.72. The molecule has 2 atom stereocenters. The van der Waals surface area contributed by atoms with Gasteiger partial charge in [-0.15, -0.1) is 0 Å². The Morgan fingerprint density at radius 2 is 2.37 bits per heavy atom. The molecule has 5 heteroatoms. The van der Waals surface area contributed by atoms with Gasteiger partial charge >= 0.3 is 0 Å². The molecular weight excluding hydrogens is 264 g/mol. The van der Waals surface area contributed by atoms with Gasteiger partial charge < -0.3 is 9.64 Å². The maximum Gasteiger partial charge on any atom is 0.227 e. The lowest BCUT2D eigenvalue weighted by Crippen LogP contribution is -2.51. The lowest BCUT2D eigenvalue weighted by Gasteiger charge is -2.37. The quantitative estimate of drug-likeness (QED) is 0.779. The molecule has 0 aromatic carbocycles. The molecule has 0 bridgehead atoms. The molecule has 0 spiro atoms. The Kier molecular flexibility index (Phi) is 3.71. The van der Waals surface area contributed by atoms with Gasteiger partial charge in [0.25, 0.3) is 0 Å². The Bertz CT molecular complexity index is 463. The molecule has 2 fully saturated rings. The van der Waals surface area contributed by atoms with Crippen molar-refractivity contribution in [2.45, 2.75) is 37.8 Å². The van der Waals surface area contributed by atoms with E-state index in [9.17, 15) is 4.79 Å². The molecular formula is C14H17ClN2O2. The summed E-state index contributed by atoms with van der Waals surface area (Å²) in [6.07, 6.45) is 5.62. The first-order valence-electron chi connectivity index (χ1n) is 6.75. The predicted molar refractivity (Wildman–Crippen MR) is 72.0 cm³/mol. The fraction of sp³-hybridized carbons (Fsp3) is 0.571. The lowest BCUT2D eigenvalue weighted by molar-refractivity contribution is -0.143. The zero-order valence-corrected chi connectivity index (χ0v) is 11.5. The molecule has 2 unspecified atom stereocenters. The second kappa shape index (κ2) is 5.47. The number of rotatable bonds is 2. The van der Waals surface area contributed by atoms with Gasteiger partial charge in [0.2, 0.25) is 5.91 Å². The van der Waals surface area contributed by atoms with Crippen LogP contribution in [0, 0.1) is 0 Å². The monoisotopic (exact) mass is 280 g/mol.